The summed E-state index contributed by atoms with van der Waals surface area (Å²) in [6, 6.07) is 0.675. The standard InChI is InChI=1S/C13H28N4O/c1-5-15-13(18)16-11-6-12(8-14-7-11)17(4)9-10(2)3/h10-12,14H,5-9H2,1-4H3,(H2,15,16,18). The molecule has 0 bridgehead atoms. The molecule has 1 fully saturated rings. The van der Waals surface area contributed by atoms with Crippen LogP contribution in [-0.2, 0) is 0 Å². The van der Waals surface area contributed by atoms with E-state index in [1.165, 1.54) is 0 Å². The average Bonchev–Trinajstić information content (AvgIpc) is 2.28. The lowest BCUT2D eigenvalue weighted by atomic mass is 10.0. The SMILES string of the molecule is CCNC(=O)NC1CNCC(N(C)CC(C)C)C1. The van der Waals surface area contributed by atoms with E-state index in [0.29, 0.717) is 18.5 Å². The second-order valence-corrected chi connectivity index (χ2v) is 5.58. The van der Waals surface area contributed by atoms with Crippen LogP contribution in [0.25, 0.3) is 0 Å². The average molecular weight is 256 g/mol. The first-order valence-corrected chi connectivity index (χ1v) is 6.98. The predicted molar refractivity (Wildman–Crippen MR) is 74.7 cm³/mol. The maximum absolute atomic E-state index is 11.5. The lowest BCUT2D eigenvalue weighted by molar-refractivity contribution is 0.165. The number of nitrogens with one attached hydrogen (secondary N) is 3. The highest BCUT2D eigenvalue weighted by molar-refractivity contribution is 5.74. The molecule has 0 radical (unpaired) electrons. The summed E-state index contributed by atoms with van der Waals surface area (Å²) in [5, 5.41) is 9.20. The molecule has 1 aliphatic heterocycles. The van der Waals surface area contributed by atoms with Gasteiger partial charge in [-0.3, -0.25) is 0 Å². The number of rotatable bonds is 5. The minimum absolute atomic E-state index is 0.0588. The second kappa shape index (κ2) is 7.59. The Morgan fingerprint density at radius 3 is 2.78 bits per heavy atom. The molecule has 5 nitrogen and oxygen atoms in total. The Bertz CT molecular complexity index is 257. The summed E-state index contributed by atoms with van der Waals surface area (Å²) in [5.41, 5.74) is 0. The highest BCUT2D eigenvalue weighted by atomic mass is 16.2. The Hall–Kier alpha value is -0.810. The molecule has 1 heterocycles. The zero-order valence-corrected chi connectivity index (χ0v) is 12.1. The van der Waals surface area contributed by atoms with Crippen LogP contribution < -0.4 is 16.0 Å². The number of amides is 2. The van der Waals surface area contributed by atoms with E-state index in [1.807, 2.05) is 6.92 Å². The van der Waals surface area contributed by atoms with E-state index < -0.39 is 0 Å². The molecule has 0 aromatic carbocycles. The Morgan fingerprint density at radius 1 is 1.44 bits per heavy atom. The minimum Gasteiger partial charge on any atom is -0.338 e. The van der Waals surface area contributed by atoms with Gasteiger partial charge < -0.3 is 20.9 Å². The molecular weight excluding hydrogens is 228 g/mol. The van der Waals surface area contributed by atoms with Gasteiger partial charge in [0, 0.05) is 38.3 Å². The quantitative estimate of drug-likeness (QED) is 0.676. The zero-order chi connectivity index (χ0) is 13.5. The monoisotopic (exact) mass is 256 g/mol. The Labute approximate surface area is 111 Å². The summed E-state index contributed by atoms with van der Waals surface area (Å²) in [7, 11) is 2.17. The van der Waals surface area contributed by atoms with Crippen molar-refractivity contribution in [3.8, 4) is 0 Å². The smallest absolute Gasteiger partial charge is 0.315 e. The molecule has 18 heavy (non-hydrogen) atoms. The number of piperidine rings is 1. The van der Waals surface area contributed by atoms with Gasteiger partial charge in [-0.25, -0.2) is 4.79 Å². The van der Waals surface area contributed by atoms with E-state index in [-0.39, 0.29) is 12.1 Å². The van der Waals surface area contributed by atoms with E-state index in [9.17, 15) is 4.79 Å². The van der Waals surface area contributed by atoms with Crippen molar-refractivity contribution in [2.75, 3.05) is 33.2 Å². The van der Waals surface area contributed by atoms with Crippen LogP contribution in [0.2, 0.25) is 0 Å². The molecule has 1 rings (SSSR count). The molecule has 1 saturated heterocycles. The number of nitrogens with zero attached hydrogens (tertiary/aromatic N) is 1. The van der Waals surface area contributed by atoms with Crippen LogP contribution in [0.5, 0.6) is 0 Å². The summed E-state index contributed by atoms with van der Waals surface area (Å²) < 4.78 is 0. The number of likely N-dealkylation sites (N-methyl/N-ethyl adjacent to an activating group) is 1. The third-order valence-corrected chi connectivity index (χ3v) is 3.28. The van der Waals surface area contributed by atoms with E-state index in [2.05, 4.69) is 41.7 Å². The lowest BCUT2D eigenvalue weighted by Gasteiger charge is -2.36. The Balaban J connectivity index is 2.38. The van der Waals surface area contributed by atoms with Crippen LogP contribution in [0.4, 0.5) is 4.79 Å². The third-order valence-electron chi connectivity index (χ3n) is 3.28. The number of hydrogen-bond donors (Lipinski definition) is 3. The van der Waals surface area contributed by atoms with Crippen LogP contribution in [0.1, 0.15) is 27.2 Å². The molecule has 3 N–H and O–H groups in total. The van der Waals surface area contributed by atoms with Crippen molar-refractivity contribution >= 4 is 6.03 Å². The lowest BCUT2D eigenvalue weighted by Crippen LogP contribution is -2.56. The molecule has 0 aromatic rings. The summed E-state index contributed by atoms with van der Waals surface area (Å²) in [6.07, 6.45) is 1.02. The van der Waals surface area contributed by atoms with Gasteiger partial charge in [0.1, 0.15) is 0 Å². The third kappa shape index (κ3) is 5.23. The van der Waals surface area contributed by atoms with Crippen molar-refractivity contribution in [1.82, 2.24) is 20.9 Å². The van der Waals surface area contributed by atoms with Crippen molar-refractivity contribution in [1.29, 1.82) is 0 Å². The van der Waals surface area contributed by atoms with Crippen molar-refractivity contribution in [2.24, 2.45) is 5.92 Å². The number of carbonyl (C=O) groups is 1. The minimum atomic E-state index is -0.0588. The molecule has 5 heteroatoms. The van der Waals surface area contributed by atoms with Crippen molar-refractivity contribution < 1.29 is 4.79 Å². The van der Waals surface area contributed by atoms with Gasteiger partial charge in [0.2, 0.25) is 0 Å². The Kier molecular flexibility index (Phi) is 6.43. The van der Waals surface area contributed by atoms with Gasteiger partial charge >= 0.3 is 6.03 Å². The van der Waals surface area contributed by atoms with Crippen LogP contribution in [0.3, 0.4) is 0 Å². The topological polar surface area (TPSA) is 56.4 Å². The first-order valence-electron chi connectivity index (χ1n) is 6.98. The molecule has 0 aliphatic carbocycles. The predicted octanol–water partition coefficient (Wildman–Crippen LogP) is 0.624. The molecule has 2 unspecified atom stereocenters. The fourth-order valence-electron chi connectivity index (χ4n) is 2.49. The summed E-state index contributed by atoms with van der Waals surface area (Å²) in [6.45, 7) is 10.0. The Morgan fingerprint density at radius 2 is 2.17 bits per heavy atom. The zero-order valence-electron chi connectivity index (χ0n) is 12.1. The molecule has 0 aromatic heterocycles. The summed E-state index contributed by atoms with van der Waals surface area (Å²) >= 11 is 0. The highest BCUT2D eigenvalue weighted by Gasteiger charge is 2.25. The maximum Gasteiger partial charge on any atom is 0.315 e. The van der Waals surface area contributed by atoms with Crippen LogP contribution in [0, 0.1) is 5.92 Å². The van der Waals surface area contributed by atoms with Crippen LogP contribution in [-0.4, -0.2) is 56.2 Å². The van der Waals surface area contributed by atoms with E-state index in [1.54, 1.807) is 0 Å². The van der Waals surface area contributed by atoms with Gasteiger partial charge in [-0.05, 0) is 26.3 Å². The van der Waals surface area contributed by atoms with Gasteiger partial charge in [0.25, 0.3) is 0 Å². The van der Waals surface area contributed by atoms with Gasteiger partial charge in [0.05, 0.1) is 0 Å². The first-order chi connectivity index (χ1) is 8.52. The molecule has 1 aliphatic rings. The van der Waals surface area contributed by atoms with Crippen LogP contribution in [0.15, 0.2) is 0 Å². The normalized spacial score (nSPS) is 24.3. The van der Waals surface area contributed by atoms with Crippen molar-refractivity contribution in [2.45, 2.75) is 39.3 Å². The van der Waals surface area contributed by atoms with Crippen LogP contribution >= 0.6 is 0 Å². The second-order valence-electron chi connectivity index (χ2n) is 5.58. The van der Waals surface area contributed by atoms with Gasteiger partial charge in [0.15, 0.2) is 0 Å². The molecule has 2 amide bonds. The number of carbonyl (C=O) groups excluding carboxylic acids is 1. The van der Waals surface area contributed by atoms with E-state index in [0.717, 1.165) is 26.1 Å². The molecule has 2 atom stereocenters. The van der Waals surface area contributed by atoms with Gasteiger partial charge in [-0.2, -0.15) is 0 Å². The number of urea groups is 1. The van der Waals surface area contributed by atoms with Crippen molar-refractivity contribution in [3.05, 3.63) is 0 Å². The fourth-order valence-corrected chi connectivity index (χ4v) is 2.49. The van der Waals surface area contributed by atoms with E-state index in [4.69, 9.17) is 0 Å². The highest BCUT2D eigenvalue weighted by Crippen LogP contribution is 2.11. The molecule has 0 spiro atoms. The fraction of sp³-hybridized carbons (Fsp3) is 0.923. The summed E-state index contributed by atoms with van der Waals surface area (Å²) in [5.74, 6) is 0.673. The van der Waals surface area contributed by atoms with Gasteiger partial charge in [-0.1, -0.05) is 13.8 Å². The molecular formula is C13H28N4O. The summed E-state index contributed by atoms with van der Waals surface area (Å²) in [4.78, 5) is 13.9. The molecule has 106 valence electrons. The maximum atomic E-state index is 11.5. The number of hydrogen-bond acceptors (Lipinski definition) is 3. The van der Waals surface area contributed by atoms with E-state index >= 15 is 0 Å². The first kappa shape index (κ1) is 15.2. The largest absolute Gasteiger partial charge is 0.338 e. The molecule has 0 saturated carbocycles. The van der Waals surface area contributed by atoms with Crippen molar-refractivity contribution in [3.63, 3.8) is 0 Å². The van der Waals surface area contributed by atoms with Gasteiger partial charge in [-0.15, -0.1) is 0 Å².